The van der Waals surface area contributed by atoms with Crippen molar-refractivity contribution in [3.63, 3.8) is 0 Å². The van der Waals surface area contributed by atoms with Crippen molar-refractivity contribution < 1.29 is 28.2 Å². The van der Waals surface area contributed by atoms with Crippen molar-refractivity contribution >= 4 is 17.4 Å². The first-order valence-electron chi connectivity index (χ1n) is 6.98. The van der Waals surface area contributed by atoms with Crippen LogP contribution in [0.25, 0.3) is 11.6 Å². The molecule has 0 spiro atoms. The first-order chi connectivity index (χ1) is 11.2. The smallest absolute Gasteiger partial charge is 0.230 e. The van der Waals surface area contributed by atoms with Crippen molar-refractivity contribution in [3.05, 3.63) is 71.8 Å². The molecule has 1 N–H and O–H groups in total. The summed E-state index contributed by atoms with van der Waals surface area (Å²) in [5, 5.41) is 9.84. The standard InChI is InChI=1S/C17H12O6/c18-15-14(13-4-2-8-21-13)12-6-5-11(9-10-3-1-7-20-10)22-17(12)23-16(15)19/h1-9,16-17,19H/b11-9+/t16-,17-/m1/s1. The second-order valence-corrected chi connectivity index (χ2v) is 5.01. The number of fused-ring (bicyclic) bond motifs is 1. The average molecular weight is 312 g/mol. The van der Waals surface area contributed by atoms with Crippen molar-refractivity contribution in [1.29, 1.82) is 0 Å². The van der Waals surface area contributed by atoms with E-state index in [9.17, 15) is 9.90 Å². The van der Waals surface area contributed by atoms with Gasteiger partial charge in [0.2, 0.25) is 18.4 Å². The third-order valence-electron chi connectivity index (χ3n) is 3.53. The molecule has 6 heteroatoms. The van der Waals surface area contributed by atoms with Crippen molar-refractivity contribution in [2.45, 2.75) is 12.6 Å². The highest BCUT2D eigenvalue weighted by atomic mass is 16.7. The minimum absolute atomic E-state index is 0.257. The zero-order valence-electron chi connectivity index (χ0n) is 11.8. The van der Waals surface area contributed by atoms with E-state index in [-0.39, 0.29) is 5.57 Å². The van der Waals surface area contributed by atoms with Gasteiger partial charge in [0.1, 0.15) is 17.3 Å². The van der Waals surface area contributed by atoms with E-state index in [1.54, 1.807) is 48.8 Å². The molecule has 0 radical (unpaired) electrons. The number of carbonyl (C=O) groups excluding carboxylic acids is 1. The van der Waals surface area contributed by atoms with Gasteiger partial charge in [-0.15, -0.1) is 0 Å². The second kappa shape index (κ2) is 5.42. The van der Waals surface area contributed by atoms with Crippen molar-refractivity contribution in [2.24, 2.45) is 0 Å². The maximum absolute atomic E-state index is 12.2. The number of hydrogen-bond donors (Lipinski definition) is 1. The minimum atomic E-state index is -1.60. The number of aliphatic hydroxyl groups is 1. The van der Waals surface area contributed by atoms with Crippen molar-refractivity contribution in [2.75, 3.05) is 0 Å². The van der Waals surface area contributed by atoms with Crippen molar-refractivity contribution in [3.8, 4) is 0 Å². The summed E-state index contributed by atoms with van der Waals surface area (Å²) in [6, 6.07) is 6.86. The molecule has 0 amide bonds. The highest BCUT2D eigenvalue weighted by Gasteiger charge is 2.39. The Labute approximate surface area is 130 Å². The van der Waals surface area contributed by atoms with Crippen LogP contribution in [0, 0.1) is 0 Å². The normalized spacial score (nSPS) is 25.6. The molecule has 0 bridgehead atoms. The van der Waals surface area contributed by atoms with Gasteiger partial charge in [-0.1, -0.05) is 0 Å². The van der Waals surface area contributed by atoms with Gasteiger partial charge >= 0.3 is 0 Å². The molecule has 116 valence electrons. The fraction of sp³-hybridized carbons (Fsp3) is 0.118. The summed E-state index contributed by atoms with van der Waals surface area (Å²) in [6.07, 6.45) is 5.62. The lowest BCUT2D eigenvalue weighted by molar-refractivity contribution is -0.200. The quantitative estimate of drug-likeness (QED) is 0.917. The Morgan fingerprint density at radius 3 is 2.65 bits per heavy atom. The fourth-order valence-electron chi connectivity index (χ4n) is 2.50. The Hall–Kier alpha value is -2.83. The van der Waals surface area contributed by atoms with Crippen LogP contribution in [0.15, 0.2) is 69.1 Å². The summed E-state index contributed by atoms with van der Waals surface area (Å²) in [5.74, 6) is 0.923. The van der Waals surface area contributed by atoms with E-state index >= 15 is 0 Å². The van der Waals surface area contributed by atoms with Gasteiger partial charge in [-0.2, -0.15) is 0 Å². The van der Waals surface area contributed by atoms with Gasteiger partial charge in [-0.05, 0) is 36.4 Å². The number of Topliss-reactive ketones (excluding diaryl/α,β-unsaturated/α-hetero) is 1. The molecule has 0 saturated heterocycles. The molecule has 0 aromatic carbocycles. The highest BCUT2D eigenvalue weighted by Crippen LogP contribution is 2.35. The second-order valence-electron chi connectivity index (χ2n) is 5.01. The van der Waals surface area contributed by atoms with Gasteiger partial charge in [0.05, 0.1) is 18.1 Å². The van der Waals surface area contributed by atoms with Gasteiger partial charge in [-0.3, -0.25) is 4.79 Å². The molecule has 2 aromatic rings. The van der Waals surface area contributed by atoms with Crippen LogP contribution in [-0.2, 0) is 14.3 Å². The SMILES string of the molecule is O=C1C(c2ccco2)=C2C=C/C(=C\c3ccco3)O[C@@H]2O[C@H]1O. The fourth-order valence-corrected chi connectivity index (χ4v) is 2.50. The number of rotatable bonds is 2. The van der Waals surface area contributed by atoms with E-state index in [4.69, 9.17) is 18.3 Å². The lowest BCUT2D eigenvalue weighted by Gasteiger charge is -2.31. The van der Waals surface area contributed by atoms with Crippen molar-refractivity contribution in [1.82, 2.24) is 0 Å². The maximum atomic E-state index is 12.2. The van der Waals surface area contributed by atoms with Gasteiger partial charge in [0.25, 0.3) is 0 Å². The third kappa shape index (κ3) is 2.44. The number of aliphatic hydroxyl groups excluding tert-OH is 1. The van der Waals surface area contributed by atoms with Crippen LogP contribution in [0.4, 0.5) is 0 Å². The average Bonchev–Trinajstić information content (AvgIpc) is 3.22. The lowest BCUT2D eigenvalue weighted by Crippen LogP contribution is -2.39. The number of hydrogen-bond acceptors (Lipinski definition) is 6. The number of ether oxygens (including phenoxy) is 2. The van der Waals surface area contributed by atoms with E-state index in [1.807, 2.05) is 0 Å². The Morgan fingerprint density at radius 2 is 1.91 bits per heavy atom. The van der Waals surface area contributed by atoms with Gasteiger partial charge < -0.3 is 23.4 Å². The summed E-state index contributed by atoms with van der Waals surface area (Å²) < 4.78 is 21.5. The van der Waals surface area contributed by atoms with Crippen LogP contribution < -0.4 is 0 Å². The molecule has 4 rings (SSSR count). The first-order valence-corrected chi connectivity index (χ1v) is 6.98. The van der Waals surface area contributed by atoms with Gasteiger partial charge in [0.15, 0.2) is 0 Å². The molecular weight excluding hydrogens is 300 g/mol. The lowest BCUT2D eigenvalue weighted by atomic mass is 9.96. The maximum Gasteiger partial charge on any atom is 0.230 e. The predicted molar refractivity (Wildman–Crippen MR) is 78.4 cm³/mol. The third-order valence-corrected chi connectivity index (χ3v) is 3.53. The van der Waals surface area contributed by atoms with Crippen LogP contribution >= 0.6 is 0 Å². The Morgan fingerprint density at radius 1 is 1.09 bits per heavy atom. The molecule has 2 aliphatic heterocycles. The largest absolute Gasteiger partial charge is 0.465 e. The molecule has 23 heavy (non-hydrogen) atoms. The molecule has 0 fully saturated rings. The van der Waals surface area contributed by atoms with Crippen LogP contribution in [-0.4, -0.2) is 23.5 Å². The predicted octanol–water partition coefficient (Wildman–Crippen LogP) is 2.50. The van der Waals surface area contributed by atoms with Crippen LogP contribution in [0.3, 0.4) is 0 Å². The number of carbonyl (C=O) groups is 1. The zero-order chi connectivity index (χ0) is 15.8. The monoisotopic (exact) mass is 312 g/mol. The van der Waals surface area contributed by atoms with E-state index in [0.29, 0.717) is 22.9 Å². The number of ketones is 1. The van der Waals surface area contributed by atoms with E-state index in [0.717, 1.165) is 0 Å². The van der Waals surface area contributed by atoms with Gasteiger partial charge in [-0.25, -0.2) is 0 Å². The summed E-state index contributed by atoms with van der Waals surface area (Å²) >= 11 is 0. The Balaban J connectivity index is 1.77. The summed E-state index contributed by atoms with van der Waals surface area (Å²) in [6.45, 7) is 0. The molecule has 0 aliphatic carbocycles. The Bertz CT molecular complexity index is 807. The van der Waals surface area contributed by atoms with Crippen LogP contribution in [0.1, 0.15) is 11.5 Å². The van der Waals surface area contributed by atoms with E-state index in [2.05, 4.69) is 0 Å². The molecule has 2 aromatic heterocycles. The molecule has 0 saturated carbocycles. The molecular formula is C17H12O6. The molecule has 4 heterocycles. The molecule has 2 atom stereocenters. The number of allylic oxidation sites excluding steroid dienone is 1. The first kappa shape index (κ1) is 13.8. The van der Waals surface area contributed by atoms with Crippen LogP contribution in [0.2, 0.25) is 0 Å². The summed E-state index contributed by atoms with van der Waals surface area (Å²) in [5.41, 5.74) is 0.763. The summed E-state index contributed by atoms with van der Waals surface area (Å²) in [4.78, 5) is 12.2. The topological polar surface area (TPSA) is 82.0 Å². The molecule has 0 unspecified atom stereocenters. The van der Waals surface area contributed by atoms with Gasteiger partial charge in [0, 0.05) is 11.6 Å². The number of furan rings is 2. The van der Waals surface area contributed by atoms with E-state index in [1.165, 1.54) is 6.26 Å². The highest BCUT2D eigenvalue weighted by molar-refractivity contribution is 6.23. The van der Waals surface area contributed by atoms with Crippen LogP contribution in [0.5, 0.6) is 0 Å². The molecule has 2 aliphatic rings. The zero-order valence-corrected chi connectivity index (χ0v) is 11.8. The summed E-state index contributed by atoms with van der Waals surface area (Å²) in [7, 11) is 0. The Kier molecular flexibility index (Phi) is 3.25. The molecule has 6 nitrogen and oxygen atoms in total. The van der Waals surface area contributed by atoms with E-state index < -0.39 is 18.4 Å². The minimum Gasteiger partial charge on any atom is -0.465 e.